The number of aldehydes is 2. The molecule has 0 amide bonds. The number of imidazole rings is 5. The van der Waals surface area contributed by atoms with Gasteiger partial charge in [0.1, 0.15) is 48.3 Å². The van der Waals surface area contributed by atoms with Gasteiger partial charge in [-0.25, -0.2) is 29.1 Å². The molecule has 0 aliphatic carbocycles. The molecule has 4 N–H and O–H groups in total. The average molecular weight is 1520 g/mol. The molecule has 0 aliphatic rings. The second-order valence-electron chi connectivity index (χ2n) is 28.2. The lowest BCUT2D eigenvalue weighted by Crippen LogP contribution is -2.27. The number of aromatic nitrogens is 10. The summed E-state index contributed by atoms with van der Waals surface area (Å²) in [4.78, 5) is 42.3. The number of aryl methyl sites for hydroxylation is 2. The first-order chi connectivity index (χ1) is 45.1. The van der Waals surface area contributed by atoms with Crippen LogP contribution in [0.15, 0.2) is 128 Å². The van der Waals surface area contributed by atoms with Crippen LogP contribution in [0.2, 0.25) is 58.9 Å². The van der Waals surface area contributed by atoms with Gasteiger partial charge < -0.3 is 27.7 Å². The number of hydrogen-bond donors (Lipinski definition) is 2. The fourth-order valence-electron chi connectivity index (χ4n) is 7.69. The molecule has 17 nitrogen and oxygen atoms in total. The third-order valence-corrected chi connectivity index (χ3v) is 21.5. The van der Waals surface area contributed by atoms with Gasteiger partial charge in [-0.05, 0) is 123 Å². The van der Waals surface area contributed by atoms with E-state index in [0.29, 0.717) is 35.9 Å². The number of hydrogen-bond acceptors (Lipinski definition) is 11. The van der Waals surface area contributed by atoms with Crippen molar-refractivity contribution in [1.82, 2.24) is 46.9 Å². The van der Waals surface area contributed by atoms with Crippen molar-refractivity contribution >= 4 is 125 Å². The van der Waals surface area contributed by atoms with Crippen LogP contribution in [0.4, 0.5) is 0 Å². The number of terminal acetylenes is 3. The highest BCUT2D eigenvalue weighted by Crippen LogP contribution is 2.20. The van der Waals surface area contributed by atoms with Gasteiger partial charge in [0.15, 0.2) is 12.6 Å². The number of rotatable bonds is 9. The van der Waals surface area contributed by atoms with Gasteiger partial charge in [0, 0.05) is 120 Å². The summed E-state index contributed by atoms with van der Waals surface area (Å²) in [7, 11) is -6.75. The predicted octanol–water partition coefficient (Wildman–Crippen LogP) is 13.4. The molecule has 10 heterocycles. The van der Waals surface area contributed by atoms with Crippen molar-refractivity contribution in [2.75, 3.05) is 11.5 Å². The van der Waals surface area contributed by atoms with Crippen LogP contribution in [-0.4, -0.2) is 122 Å². The molecule has 0 fully saturated rings. The van der Waals surface area contributed by atoms with Crippen molar-refractivity contribution in [3.63, 3.8) is 0 Å². The summed E-state index contributed by atoms with van der Waals surface area (Å²) < 4.78 is 44.5. The highest BCUT2D eigenvalue weighted by Gasteiger charge is 2.22. The molecule has 98 heavy (non-hydrogen) atoms. The van der Waals surface area contributed by atoms with E-state index in [2.05, 4.69) is 146 Å². The number of fused-ring (bicyclic) bond motifs is 5. The van der Waals surface area contributed by atoms with E-state index < -0.39 is 56.8 Å². The third-order valence-electron chi connectivity index (χ3n) is 13.3. The summed E-state index contributed by atoms with van der Waals surface area (Å²) in [5.41, 5.74) is 27.0. The third kappa shape index (κ3) is 28.0. The second-order valence-corrected chi connectivity index (χ2v) is 49.8. The minimum Gasteiger partial charge on any atom is -0.325 e. The molecule has 0 aliphatic heterocycles. The largest absolute Gasteiger partial charge is 0.325 e. The summed E-state index contributed by atoms with van der Waals surface area (Å²) in [5, 5.41) is 5.04. The van der Waals surface area contributed by atoms with Crippen molar-refractivity contribution in [2.24, 2.45) is 10.9 Å². The van der Waals surface area contributed by atoms with Gasteiger partial charge in [0.2, 0.25) is 0 Å². The van der Waals surface area contributed by atoms with Gasteiger partial charge in [0.05, 0.1) is 79.4 Å². The van der Waals surface area contributed by atoms with Crippen molar-refractivity contribution in [1.29, 1.82) is 0 Å². The molecular weight excluding hydrogens is 1420 g/mol. The van der Waals surface area contributed by atoms with Crippen molar-refractivity contribution in [3.8, 4) is 59.6 Å². The number of nitrogens with zero attached hydrogens (tertiary/aromatic N) is 10. The smallest absolute Gasteiger partial charge is 0.170 e. The lowest BCUT2D eigenvalue weighted by atomic mass is 10.2. The van der Waals surface area contributed by atoms with Crippen LogP contribution in [-0.2, 0) is 52.0 Å². The van der Waals surface area contributed by atoms with Gasteiger partial charge in [-0.15, -0.1) is 48.3 Å². The zero-order chi connectivity index (χ0) is 72.9. The maximum absolute atomic E-state index is 12.2. The van der Waals surface area contributed by atoms with Crippen LogP contribution in [0.5, 0.6) is 0 Å². The summed E-state index contributed by atoms with van der Waals surface area (Å²) in [6.07, 6.45) is 36.9. The molecule has 520 valence electrons. The molecule has 0 saturated carbocycles. The van der Waals surface area contributed by atoms with Crippen molar-refractivity contribution in [3.05, 3.63) is 178 Å². The van der Waals surface area contributed by atoms with E-state index in [1.165, 1.54) is 0 Å². The lowest BCUT2D eigenvalue weighted by molar-refractivity contribution is 0.111. The quantitative estimate of drug-likeness (QED) is 0.0785. The van der Waals surface area contributed by atoms with E-state index in [4.69, 9.17) is 30.1 Å². The van der Waals surface area contributed by atoms with Crippen LogP contribution in [0, 0.1) is 59.6 Å². The Labute approximate surface area is 605 Å². The van der Waals surface area contributed by atoms with Gasteiger partial charge in [-0.1, -0.05) is 98.5 Å². The van der Waals surface area contributed by atoms with E-state index in [9.17, 15) is 22.2 Å². The number of pyridine rings is 5. The Morgan fingerprint density at radius 1 is 0.480 bits per heavy atom. The molecular formula is C73H94BrClN12O5S3Si3. The maximum atomic E-state index is 12.2. The highest BCUT2D eigenvalue weighted by atomic mass is 79.9. The molecule has 3 atom stereocenters. The fraction of sp³-hybridized carbons (Fsp3) is 0.356. The molecule has 0 bridgehead atoms. The first kappa shape index (κ1) is 84.6. The van der Waals surface area contributed by atoms with Crippen LogP contribution < -0.4 is 10.9 Å². The Kier molecular flexibility index (Phi) is 32.4. The molecule has 3 unspecified atom stereocenters. The topological polar surface area (TPSA) is 224 Å². The maximum Gasteiger partial charge on any atom is 0.170 e. The fourth-order valence-corrected chi connectivity index (χ4v) is 11.0. The molecule has 0 radical (unpaired) electrons. The minimum absolute atomic E-state index is 0. The van der Waals surface area contributed by atoms with Gasteiger partial charge >= 0.3 is 0 Å². The lowest BCUT2D eigenvalue weighted by Gasteiger charge is -2.17. The Morgan fingerprint density at radius 2 is 0.776 bits per heavy atom. The summed E-state index contributed by atoms with van der Waals surface area (Å²) >= 11 is 3.32. The number of halogens is 2. The van der Waals surface area contributed by atoms with E-state index in [1.54, 1.807) is 29.7 Å². The molecule has 10 aromatic heterocycles. The minimum atomic E-state index is -1.38. The Balaban J connectivity index is 0.000000308. The molecule has 0 aromatic carbocycles. The number of carbonyl (C=O) groups is 2. The number of carbonyl (C=O) groups excluding carboxylic acids is 2. The summed E-state index contributed by atoms with van der Waals surface area (Å²) in [5.74, 6) is 12.9. The van der Waals surface area contributed by atoms with E-state index >= 15 is 0 Å². The first-order valence-electron chi connectivity index (χ1n) is 31.1. The Morgan fingerprint density at radius 3 is 1.09 bits per heavy atom. The molecule has 0 saturated heterocycles. The van der Waals surface area contributed by atoms with Gasteiger partial charge in [-0.3, -0.25) is 23.1 Å². The van der Waals surface area contributed by atoms with Crippen LogP contribution in [0.1, 0.15) is 123 Å². The zero-order valence-electron chi connectivity index (χ0n) is 59.6. The zero-order valence-corrected chi connectivity index (χ0v) is 67.5. The standard InChI is InChI=1S/C18H26N2OSSi.C15H18N2OS.C13H14N2OSi.C10H9N3.C8H5BrN2O.C5H10Si.C4H11NOS.ClH/c1-18(2,3)22(21)11-8-16-17-13-15(9-12-23(4,5)6)7-10-20(17)14-19-16;1-5-12-6-8-17-11-16-13(14(17)10-12)7-9-19(18)15(2,3)4;1-17(2,3)7-5-11-4-6-15-10-14-12(9-16)13(15)8-11;1-2-8-3-4-13-7-12-9(6-11)10(13)5-8;9-6-1-2-11-5-10-7(4-12)8(11)3-6;1-5-6(2,3)4;1-4(2,3)7(5)6;/h7,10,13-14H,8,11H2,1-6H3;1,6,8,10-11H,7,9H2,2-4H3;4,6,8-10H,1-3H3;1,3-5,7H,6,11H2;1-5H;1H,2-4H3;5H2,1-3H3;1H. The van der Waals surface area contributed by atoms with E-state index in [-0.39, 0.29) is 26.6 Å². The van der Waals surface area contributed by atoms with E-state index in [1.807, 2.05) is 172 Å². The van der Waals surface area contributed by atoms with Crippen LogP contribution >= 0.6 is 28.3 Å². The monoisotopic (exact) mass is 1510 g/mol. The van der Waals surface area contributed by atoms with Crippen molar-refractivity contribution < 1.29 is 22.2 Å². The highest BCUT2D eigenvalue weighted by molar-refractivity contribution is 9.10. The molecule has 10 aromatic rings. The summed E-state index contributed by atoms with van der Waals surface area (Å²) in [6, 6.07) is 19.3. The predicted molar refractivity (Wildman–Crippen MR) is 423 cm³/mol. The molecule has 25 heteroatoms. The SMILES string of the molecule is C#C[Si](C)(C)C.C#Cc1ccn2cnc(CCS(=O)C(C)(C)C)c2c1.C#Cc1ccn2cnc(CN)c2c1.CC(C)(C)S(=O)CCc1ncn2ccc(C#C[Si](C)(C)C)cc12.CC(C)(C)S(N)=O.C[Si](C)(C)C#Cc1ccn2cnc(C=O)c2c1.Cl.O=Cc1ncn2ccc(Br)cc12. The van der Waals surface area contributed by atoms with Crippen LogP contribution in [0.25, 0.3) is 27.6 Å². The van der Waals surface area contributed by atoms with E-state index in [0.717, 1.165) is 90.4 Å². The summed E-state index contributed by atoms with van der Waals surface area (Å²) in [6.45, 7) is 37.7. The van der Waals surface area contributed by atoms with Crippen molar-refractivity contribution in [2.45, 2.75) is 155 Å². The van der Waals surface area contributed by atoms with Gasteiger partial charge in [0.25, 0.3) is 0 Å². The molecule has 0 spiro atoms. The normalized spacial score (nSPS) is 12.1. The van der Waals surface area contributed by atoms with Crippen LogP contribution in [0.3, 0.4) is 0 Å². The molecule has 10 rings (SSSR count). The average Bonchev–Trinajstić information content (AvgIpc) is 1.70. The Hall–Kier alpha value is -7.62. The Bertz CT molecular complexity index is 4700. The van der Waals surface area contributed by atoms with Gasteiger partial charge in [-0.2, -0.15) is 0 Å². The second kappa shape index (κ2) is 37.5. The first-order valence-corrected chi connectivity index (χ1v) is 46.2. The number of nitrogens with two attached hydrogens (primary N) is 2.